The number of para-hydroxylation sites is 1. The van der Waals surface area contributed by atoms with Crippen molar-refractivity contribution in [1.29, 1.82) is 0 Å². The van der Waals surface area contributed by atoms with Gasteiger partial charge in [0, 0.05) is 76.9 Å². The number of aryl methyl sites for hydroxylation is 5. The number of hydrogen-bond acceptors (Lipinski definition) is 6. The van der Waals surface area contributed by atoms with Crippen molar-refractivity contribution in [3.63, 3.8) is 0 Å². The van der Waals surface area contributed by atoms with Crippen LogP contribution < -0.4 is 9.64 Å². The number of hydrogen-bond donors (Lipinski definition) is 0. The lowest BCUT2D eigenvalue weighted by Crippen LogP contribution is -2.47. The van der Waals surface area contributed by atoms with Crippen LogP contribution in [0.15, 0.2) is 73.2 Å². The summed E-state index contributed by atoms with van der Waals surface area (Å²) < 4.78 is 12.7. The van der Waals surface area contributed by atoms with Gasteiger partial charge in [0.1, 0.15) is 16.9 Å². The smallest absolute Gasteiger partial charge is 0.276 e. The molecule has 12 heteroatoms. The normalized spacial score (nSPS) is 17.2. The molecular weight excluding hydrogens is 779 g/mol. The maximum absolute atomic E-state index is 15.6. The van der Waals surface area contributed by atoms with Crippen LogP contribution in [0.1, 0.15) is 70.8 Å². The van der Waals surface area contributed by atoms with Crippen LogP contribution >= 0.6 is 23.2 Å². The van der Waals surface area contributed by atoms with Crippen LogP contribution in [0, 0.1) is 27.7 Å². The summed E-state index contributed by atoms with van der Waals surface area (Å²) in [5, 5.41) is 7.53. The fourth-order valence-corrected chi connectivity index (χ4v) is 9.84. The Bertz CT molecular complexity index is 2700. The highest BCUT2D eigenvalue weighted by atomic mass is 35.5. The lowest BCUT2D eigenvalue weighted by molar-refractivity contribution is 0.0951. The molecule has 9 rings (SSSR count). The molecular formula is C47H50Cl2N8O2. The molecule has 0 aliphatic carbocycles. The Kier molecular flexibility index (Phi) is 10.5. The average molecular weight is 830 g/mol. The van der Waals surface area contributed by atoms with Gasteiger partial charge in [-0.25, -0.2) is 9.97 Å². The minimum absolute atomic E-state index is 0.121. The van der Waals surface area contributed by atoms with E-state index in [2.05, 4.69) is 87.4 Å². The number of halogens is 2. The van der Waals surface area contributed by atoms with Gasteiger partial charge in [-0.1, -0.05) is 41.4 Å². The molecule has 0 N–H and O–H groups in total. The predicted octanol–water partition coefficient (Wildman–Crippen LogP) is 10.2. The molecule has 0 saturated carbocycles. The molecule has 3 aromatic carbocycles. The second-order valence-electron chi connectivity index (χ2n) is 16.2. The molecule has 1 saturated heterocycles. The Morgan fingerprint density at radius 1 is 0.915 bits per heavy atom. The minimum atomic E-state index is -0.684. The quantitative estimate of drug-likeness (QED) is 0.0733. The number of rotatable bonds is 11. The summed E-state index contributed by atoms with van der Waals surface area (Å²) in [6.07, 6.45) is 9.44. The Hall–Kier alpha value is -5.16. The van der Waals surface area contributed by atoms with Crippen molar-refractivity contribution >= 4 is 56.6 Å². The van der Waals surface area contributed by atoms with E-state index in [9.17, 15) is 0 Å². The molecule has 1 amide bonds. The minimum Gasteiger partial charge on any atom is -0.494 e. The molecule has 59 heavy (non-hydrogen) atoms. The van der Waals surface area contributed by atoms with E-state index in [-0.39, 0.29) is 11.9 Å². The number of carbonyl (C=O) groups excluding carboxylic acids is 1. The molecule has 0 bridgehead atoms. The van der Waals surface area contributed by atoms with Crippen LogP contribution in [0.2, 0.25) is 5.02 Å². The standard InChI is InChI=1S/C47H50Cl2N8O2/c1-28-24-34(25-29(2)42(28)48)59-23-10-14-36-35-12-9-13-37(41-30(3)52-53(6)31(41)4)43(35)56-32(5)45(49)57(47(58)44(36)56)40-27-55(22-21-54-19-7-8-20-54)39-16-15-33(26-38(39)40)46-50-17-11-18-51-46/h9,11-13,15-18,24-27,32,45H,7-8,10,14,19-23H2,1-6H3/t32?,45-/m0/s1. The maximum Gasteiger partial charge on any atom is 0.276 e. The van der Waals surface area contributed by atoms with E-state index in [1.807, 2.05) is 48.7 Å². The van der Waals surface area contributed by atoms with Crippen LogP contribution in [-0.2, 0) is 20.0 Å². The first-order chi connectivity index (χ1) is 28.5. The highest BCUT2D eigenvalue weighted by Gasteiger charge is 2.42. The van der Waals surface area contributed by atoms with E-state index in [4.69, 9.17) is 33.0 Å². The zero-order valence-electron chi connectivity index (χ0n) is 34.6. The summed E-state index contributed by atoms with van der Waals surface area (Å²) in [5.74, 6) is 1.30. The van der Waals surface area contributed by atoms with E-state index < -0.39 is 5.50 Å². The second-order valence-corrected chi connectivity index (χ2v) is 17.1. The molecule has 2 atom stereocenters. The first-order valence-corrected chi connectivity index (χ1v) is 21.5. The number of nitrogens with zero attached hydrogens (tertiary/aromatic N) is 8. The Morgan fingerprint density at radius 3 is 2.37 bits per heavy atom. The summed E-state index contributed by atoms with van der Waals surface area (Å²) >= 11 is 14.1. The Morgan fingerprint density at radius 2 is 1.66 bits per heavy atom. The van der Waals surface area contributed by atoms with Crippen molar-refractivity contribution < 1.29 is 9.53 Å². The van der Waals surface area contributed by atoms with Crippen molar-refractivity contribution in [3.8, 4) is 28.3 Å². The van der Waals surface area contributed by atoms with Gasteiger partial charge in [0.25, 0.3) is 5.91 Å². The van der Waals surface area contributed by atoms with Gasteiger partial charge >= 0.3 is 0 Å². The number of alkyl halides is 1. The molecule has 1 unspecified atom stereocenters. The SMILES string of the molecule is Cc1cc(OCCCc2c3n(c4c(-c5c(C)nn(C)c5C)cccc24)C(C)[C@@H](Cl)N(c2cn(CCN4CCCC4)c4ccc(-c5ncccn5)cc24)C3=O)cc(C)c1Cl. The van der Waals surface area contributed by atoms with Crippen molar-refractivity contribution in [2.45, 2.75) is 78.4 Å². The predicted molar refractivity (Wildman–Crippen MR) is 238 cm³/mol. The molecule has 4 aromatic heterocycles. The van der Waals surface area contributed by atoms with Crippen molar-refractivity contribution in [1.82, 2.24) is 33.8 Å². The van der Waals surface area contributed by atoms with Gasteiger partial charge in [-0.3, -0.25) is 14.4 Å². The Balaban J connectivity index is 1.17. The first-order valence-electron chi connectivity index (χ1n) is 20.7. The molecule has 2 aliphatic heterocycles. The van der Waals surface area contributed by atoms with Crippen LogP contribution in [0.5, 0.6) is 5.75 Å². The van der Waals surface area contributed by atoms with Gasteiger partial charge in [0.05, 0.1) is 35.1 Å². The van der Waals surface area contributed by atoms with E-state index in [1.165, 1.54) is 12.8 Å². The summed E-state index contributed by atoms with van der Waals surface area (Å²) in [4.78, 5) is 29.1. The van der Waals surface area contributed by atoms with Gasteiger partial charge in [-0.15, -0.1) is 0 Å². The number of benzene rings is 3. The fourth-order valence-electron chi connectivity index (χ4n) is 9.42. The van der Waals surface area contributed by atoms with E-state index in [0.717, 1.165) is 109 Å². The largest absolute Gasteiger partial charge is 0.494 e. The first kappa shape index (κ1) is 39.3. The van der Waals surface area contributed by atoms with Crippen LogP contribution in [0.4, 0.5) is 5.69 Å². The summed E-state index contributed by atoms with van der Waals surface area (Å²) in [6.45, 7) is 14.7. The van der Waals surface area contributed by atoms with E-state index in [0.29, 0.717) is 31.0 Å². The van der Waals surface area contributed by atoms with Crippen molar-refractivity contribution in [2.24, 2.45) is 7.05 Å². The van der Waals surface area contributed by atoms with Gasteiger partial charge in [0.15, 0.2) is 5.82 Å². The van der Waals surface area contributed by atoms with Gasteiger partial charge in [0.2, 0.25) is 0 Å². The molecule has 1 fully saturated rings. The summed E-state index contributed by atoms with van der Waals surface area (Å²) in [7, 11) is 1.98. The van der Waals surface area contributed by atoms with Gasteiger partial charge < -0.3 is 18.8 Å². The van der Waals surface area contributed by atoms with Crippen LogP contribution in [-0.4, -0.2) is 71.4 Å². The monoisotopic (exact) mass is 828 g/mol. The highest BCUT2D eigenvalue weighted by molar-refractivity contribution is 6.32. The molecule has 10 nitrogen and oxygen atoms in total. The molecule has 6 heterocycles. The molecule has 0 radical (unpaired) electrons. The number of likely N-dealkylation sites (tertiary alicyclic amines) is 1. The van der Waals surface area contributed by atoms with E-state index in [1.54, 1.807) is 12.4 Å². The second kappa shape index (κ2) is 15.8. The van der Waals surface area contributed by atoms with Crippen molar-refractivity contribution in [3.05, 3.63) is 112 Å². The number of fused-ring (bicyclic) bond motifs is 4. The average Bonchev–Trinajstić information content (AvgIpc) is 4.01. The lowest BCUT2D eigenvalue weighted by Gasteiger charge is -2.38. The number of ether oxygens (including phenoxy) is 1. The fraction of sp³-hybridized carbons (Fsp3) is 0.362. The topological polar surface area (TPSA) is 86.2 Å². The Labute approximate surface area is 355 Å². The van der Waals surface area contributed by atoms with Gasteiger partial charge in [-0.2, -0.15) is 5.10 Å². The summed E-state index contributed by atoms with van der Waals surface area (Å²) in [6, 6.07) is 18.2. The zero-order chi connectivity index (χ0) is 41.1. The van der Waals surface area contributed by atoms with E-state index >= 15 is 4.79 Å². The highest BCUT2D eigenvalue weighted by Crippen LogP contribution is 2.46. The zero-order valence-corrected chi connectivity index (χ0v) is 36.1. The molecule has 2 aliphatic rings. The number of amides is 1. The third kappa shape index (κ3) is 6.89. The maximum atomic E-state index is 15.6. The third-order valence-electron chi connectivity index (χ3n) is 12.4. The number of anilines is 1. The molecule has 304 valence electrons. The molecule has 0 spiro atoms. The van der Waals surface area contributed by atoms with Crippen LogP contribution in [0.3, 0.4) is 0 Å². The van der Waals surface area contributed by atoms with Crippen LogP contribution in [0.25, 0.3) is 44.3 Å². The number of aromatic nitrogens is 6. The summed E-state index contributed by atoms with van der Waals surface area (Å²) in [5.41, 5.74) is 10.8. The number of carbonyl (C=O) groups is 1. The third-order valence-corrected chi connectivity index (χ3v) is 13.6. The molecule has 7 aromatic rings. The lowest BCUT2D eigenvalue weighted by atomic mass is 9.98. The van der Waals surface area contributed by atoms with Crippen molar-refractivity contribution in [2.75, 3.05) is 31.1 Å². The van der Waals surface area contributed by atoms with Gasteiger partial charge in [-0.05, 0) is 126 Å².